The smallest absolute Gasteiger partial charge is 0.138 e. The Hall–Kier alpha value is -0.940. The number of rotatable bonds is 8. The van der Waals surface area contributed by atoms with E-state index in [-0.39, 0.29) is 5.41 Å². The highest BCUT2D eigenvalue weighted by Crippen LogP contribution is 2.20. The van der Waals surface area contributed by atoms with Gasteiger partial charge in [0.2, 0.25) is 0 Å². The molecule has 18 heavy (non-hydrogen) atoms. The summed E-state index contributed by atoms with van der Waals surface area (Å²) in [6.07, 6.45) is 2.56. The number of aromatic nitrogens is 3. The van der Waals surface area contributed by atoms with E-state index in [2.05, 4.69) is 43.1 Å². The normalized spacial score (nSPS) is 12.3. The molecule has 0 saturated heterocycles. The summed E-state index contributed by atoms with van der Waals surface area (Å²) in [7, 11) is 1.72. The van der Waals surface area contributed by atoms with Crippen molar-refractivity contribution >= 4 is 0 Å². The van der Waals surface area contributed by atoms with Gasteiger partial charge in [0.15, 0.2) is 0 Å². The van der Waals surface area contributed by atoms with E-state index in [1.807, 2.05) is 4.68 Å². The first-order valence-corrected chi connectivity index (χ1v) is 6.54. The summed E-state index contributed by atoms with van der Waals surface area (Å²) < 4.78 is 7.02. The molecule has 1 N–H and O–H groups in total. The highest BCUT2D eigenvalue weighted by molar-refractivity contribution is 4.92. The molecule has 1 rings (SSSR count). The Bertz CT molecular complexity index is 347. The molecule has 1 aromatic rings. The van der Waals surface area contributed by atoms with Crippen molar-refractivity contribution in [3.05, 3.63) is 12.2 Å². The average molecular weight is 254 g/mol. The molecule has 0 aliphatic rings. The summed E-state index contributed by atoms with van der Waals surface area (Å²) in [4.78, 5) is 4.37. The largest absolute Gasteiger partial charge is 0.383 e. The Morgan fingerprint density at radius 2 is 2.17 bits per heavy atom. The number of ether oxygens (including phenoxy) is 1. The van der Waals surface area contributed by atoms with Gasteiger partial charge in [-0.3, -0.25) is 0 Å². The third kappa shape index (κ3) is 4.74. The Kier molecular flexibility index (Phi) is 5.75. The van der Waals surface area contributed by atoms with Gasteiger partial charge in [-0.2, -0.15) is 5.10 Å². The Balaban J connectivity index is 2.50. The Morgan fingerprint density at radius 1 is 1.44 bits per heavy atom. The molecule has 0 aliphatic heterocycles. The van der Waals surface area contributed by atoms with Crippen LogP contribution in [-0.4, -0.2) is 41.6 Å². The fraction of sp³-hybridized carbons (Fsp3) is 0.846. The van der Waals surface area contributed by atoms with E-state index in [1.165, 1.54) is 0 Å². The van der Waals surface area contributed by atoms with Crippen LogP contribution in [0.5, 0.6) is 0 Å². The van der Waals surface area contributed by atoms with Crippen LogP contribution >= 0.6 is 0 Å². The van der Waals surface area contributed by atoms with E-state index >= 15 is 0 Å². The fourth-order valence-corrected chi connectivity index (χ4v) is 1.92. The second kappa shape index (κ2) is 6.85. The zero-order valence-electron chi connectivity index (χ0n) is 12.2. The zero-order chi connectivity index (χ0) is 13.6. The van der Waals surface area contributed by atoms with Crippen molar-refractivity contribution in [2.75, 3.05) is 26.8 Å². The summed E-state index contributed by atoms with van der Waals surface area (Å²) in [5.74, 6) is 1.06. The van der Waals surface area contributed by atoms with Crippen molar-refractivity contribution < 1.29 is 4.74 Å². The van der Waals surface area contributed by atoms with Gasteiger partial charge in [0.25, 0.3) is 0 Å². The molecule has 0 aliphatic carbocycles. The lowest BCUT2D eigenvalue weighted by molar-refractivity contribution is 0.193. The maximum Gasteiger partial charge on any atom is 0.138 e. The van der Waals surface area contributed by atoms with Crippen LogP contribution in [0.1, 0.15) is 39.6 Å². The minimum atomic E-state index is 0.160. The van der Waals surface area contributed by atoms with E-state index in [0.717, 1.165) is 31.9 Å². The third-order valence-corrected chi connectivity index (χ3v) is 2.86. The van der Waals surface area contributed by atoms with Crippen LogP contribution in [0.4, 0.5) is 0 Å². The lowest BCUT2D eigenvalue weighted by Gasteiger charge is -2.25. The van der Waals surface area contributed by atoms with Crippen LogP contribution in [0.25, 0.3) is 0 Å². The number of nitrogens with one attached hydrogen (secondary N) is 1. The van der Waals surface area contributed by atoms with Crippen molar-refractivity contribution in [2.45, 2.75) is 40.2 Å². The van der Waals surface area contributed by atoms with Crippen LogP contribution < -0.4 is 5.32 Å². The molecule has 0 spiro atoms. The number of hydrogen-bond acceptors (Lipinski definition) is 4. The van der Waals surface area contributed by atoms with Gasteiger partial charge < -0.3 is 10.1 Å². The quantitative estimate of drug-likeness (QED) is 0.717. The Morgan fingerprint density at radius 3 is 2.78 bits per heavy atom. The molecule has 5 heteroatoms. The molecule has 1 aromatic heterocycles. The van der Waals surface area contributed by atoms with E-state index in [9.17, 15) is 0 Å². The van der Waals surface area contributed by atoms with Crippen molar-refractivity contribution in [1.29, 1.82) is 0 Å². The van der Waals surface area contributed by atoms with Crippen molar-refractivity contribution in [3.63, 3.8) is 0 Å². The van der Waals surface area contributed by atoms with Crippen LogP contribution in [0.2, 0.25) is 0 Å². The molecule has 0 aromatic carbocycles. The first-order valence-electron chi connectivity index (χ1n) is 6.54. The lowest BCUT2D eigenvalue weighted by Crippen LogP contribution is -2.34. The van der Waals surface area contributed by atoms with Gasteiger partial charge in [0, 0.05) is 32.7 Å². The molecule has 1 heterocycles. The van der Waals surface area contributed by atoms with Crippen LogP contribution in [0.3, 0.4) is 0 Å². The van der Waals surface area contributed by atoms with Gasteiger partial charge in [-0.1, -0.05) is 13.8 Å². The predicted molar refractivity (Wildman–Crippen MR) is 72.6 cm³/mol. The van der Waals surface area contributed by atoms with Crippen LogP contribution in [-0.2, 0) is 11.2 Å². The van der Waals surface area contributed by atoms with Gasteiger partial charge in [-0.25, -0.2) is 9.67 Å². The van der Waals surface area contributed by atoms with Gasteiger partial charge in [0.05, 0.1) is 6.61 Å². The monoisotopic (exact) mass is 254 g/mol. The number of nitrogens with zero attached hydrogens (tertiary/aromatic N) is 3. The van der Waals surface area contributed by atoms with E-state index < -0.39 is 0 Å². The molecule has 0 saturated carbocycles. The van der Waals surface area contributed by atoms with Crippen LogP contribution in [0, 0.1) is 5.41 Å². The second-order valence-electron chi connectivity index (χ2n) is 5.73. The van der Waals surface area contributed by atoms with E-state index in [0.29, 0.717) is 6.04 Å². The summed E-state index contributed by atoms with van der Waals surface area (Å²) in [6.45, 7) is 11.3. The molecule has 0 atom stereocenters. The Labute approximate surface area is 110 Å². The molecule has 0 fully saturated rings. The molecule has 0 amide bonds. The van der Waals surface area contributed by atoms with Crippen molar-refractivity contribution in [3.8, 4) is 0 Å². The molecular weight excluding hydrogens is 228 g/mol. The number of methoxy groups -OCH3 is 1. The molecule has 0 unspecified atom stereocenters. The molecule has 0 bridgehead atoms. The first kappa shape index (κ1) is 15.1. The maximum absolute atomic E-state index is 5.02. The standard InChI is InChI=1S/C13H26N4O/c1-11(2)17-12(15-10-16-17)8-13(3,4)9-14-6-7-18-5/h10-11,14H,6-9H2,1-5H3. The molecule has 0 radical (unpaired) electrons. The highest BCUT2D eigenvalue weighted by Gasteiger charge is 2.21. The average Bonchev–Trinajstić information content (AvgIpc) is 2.72. The van der Waals surface area contributed by atoms with Crippen molar-refractivity contribution in [2.24, 2.45) is 5.41 Å². The summed E-state index contributed by atoms with van der Waals surface area (Å²) in [6, 6.07) is 0.361. The van der Waals surface area contributed by atoms with Gasteiger partial charge in [0.1, 0.15) is 12.2 Å². The summed E-state index contributed by atoms with van der Waals surface area (Å²) in [5.41, 5.74) is 0.160. The number of hydrogen-bond donors (Lipinski definition) is 1. The second-order valence-corrected chi connectivity index (χ2v) is 5.73. The zero-order valence-corrected chi connectivity index (χ0v) is 12.2. The predicted octanol–water partition coefficient (Wildman–Crippen LogP) is 1.66. The third-order valence-electron chi connectivity index (χ3n) is 2.86. The molecule has 104 valence electrons. The fourth-order valence-electron chi connectivity index (χ4n) is 1.92. The first-order chi connectivity index (χ1) is 8.46. The SMILES string of the molecule is COCCNCC(C)(C)Cc1ncnn1C(C)C. The highest BCUT2D eigenvalue weighted by atomic mass is 16.5. The van der Waals surface area contributed by atoms with Crippen molar-refractivity contribution in [1.82, 2.24) is 20.1 Å². The minimum Gasteiger partial charge on any atom is -0.383 e. The molecular formula is C13H26N4O. The minimum absolute atomic E-state index is 0.160. The maximum atomic E-state index is 5.02. The van der Waals surface area contributed by atoms with Gasteiger partial charge in [-0.05, 0) is 19.3 Å². The molecule has 5 nitrogen and oxygen atoms in total. The van der Waals surface area contributed by atoms with E-state index in [4.69, 9.17) is 4.74 Å². The lowest BCUT2D eigenvalue weighted by atomic mass is 9.89. The summed E-state index contributed by atoms with van der Waals surface area (Å²) in [5, 5.41) is 7.68. The topological polar surface area (TPSA) is 52.0 Å². The van der Waals surface area contributed by atoms with Gasteiger partial charge in [-0.15, -0.1) is 0 Å². The summed E-state index contributed by atoms with van der Waals surface area (Å²) >= 11 is 0. The van der Waals surface area contributed by atoms with Crippen LogP contribution in [0.15, 0.2) is 6.33 Å². The van der Waals surface area contributed by atoms with Gasteiger partial charge >= 0.3 is 0 Å². The van der Waals surface area contributed by atoms with E-state index in [1.54, 1.807) is 13.4 Å².